The number of halogens is 2. The van der Waals surface area contributed by atoms with Crippen LogP contribution in [0, 0.1) is 0 Å². The maximum atomic E-state index is 4.90. The molecule has 192 valence electrons. The third-order valence-electron chi connectivity index (χ3n) is 5.82. The number of benzene rings is 4. The summed E-state index contributed by atoms with van der Waals surface area (Å²) < 4.78 is 0. The zero-order chi connectivity index (χ0) is 26.7. The van der Waals surface area contributed by atoms with Gasteiger partial charge in [-0.25, -0.2) is 0 Å². The summed E-state index contributed by atoms with van der Waals surface area (Å²) in [7, 11) is 9.53. The molecule has 5 aromatic rings. The Balaban J connectivity index is 0.00000107. The Morgan fingerprint density at radius 1 is 0.526 bits per heavy atom. The standard InChI is InChI=1S/C32H26N2S.2ClH.Fe/c1-23(33-29-17-9-15-27(21-29)25-11-5-3-6-12-25)31-19-20-32(35-31)24(2)34-30-18-10-16-28(22-30)26-13-7-4-8-14-26;;;/h3-22H,1-2H3;2*1H;/q;;;+2/p-2. The molecule has 1 aromatic heterocycles. The first-order valence-corrected chi connectivity index (χ1v) is 15.8. The number of hydrogen-bond acceptors (Lipinski definition) is 3. The molecular weight excluding hydrogens is 571 g/mol. The molecule has 0 amide bonds. The van der Waals surface area contributed by atoms with Gasteiger partial charge in [-0.15, -0.1) is 11.3 Å². The number of nitrogens with zero attached hydrogens (tertiary/aromatic N) is 2. The topological polar surface area (TPSA) is 24.7 Å². The predicted molar refractivity (Wildman–Crippen MR) is 164 cm³/mol. The van der Waals surface area contributed by atoms with Crippen LogP contribution >= 0.6 is 31.5 Å². The zero-order valence-electron chi connectivity index (χ0n) is 21.0. The molecule has 0 saturated heterocycles. The van der Waals surface area contributed by atoms with Crippen LogP contribution in [-0.4, -0.2) is 11.4 Å². The minimum atomic E-state index is 0.194. The first-order chi connectivity index (χ1) is 18.6. The van der Waals surface area contributed by atoms with Gasteiger partial charge in [0.1, 0.15) is 0 Å². The Bertz CT molecular complexity index is 1420. The predicted octanol–water partition coefficient (Wildman–Crippen LogP) is 10.7. The molecule has 0 spiro atoms. The van der Waals surface area contributed by atoms with Crippen LogP contribution in [0.2, 0.25) is 0 Å². The second-order valence-electron chi connectivity index (χ2n) is 8.44. The van der Waals surface area contributed by atoms with E-state index in [2.05, 4.69) is 123 Å². The van der Waals surface area contributed by atoms with Gasteiger partial charge in [-0.1, -0.05) is 84.9 Å². The number of aliphatic imine (C=N–C) groups is 2. The van der Waals surface area contributed by atoms with E-state index >= 15 is 0 Å². The monoisotopic (exact) mass is 596 g/mol. The molecule has 0 saturated carbocycles. The van der Waals surface area contributed by atoms with Crippen molar-refractivity contribution >= 4 is 54.3 Å². The molecule has 38 heavy (non-hydrogen) atoms. The normalized spacial score (nSPS) is 11.7. The summed E-state index contributed by atoms with van der Waals surface area (Å²) in [6.45, 7) is 4.14. The van der Waals surface area contributed by atoms with Crippen LogP contribution in [0.3, 0.4) is 0 Å². The van der Waals surface area contributed by atoms with E-state index in [1.165, 1.54) is 22.3 Å². The SMILES string of the molecule is CC(=Nc1cccc(-c2ccccc2)c1)c1ccc(C(C)=Nc2cccc(-c3ccccc3)c2)s1.[Cl][Fe][Cl]. The molecule has 0 bridgehead atoms. The molecule has 2 nitrogen and oxygen atoms in total. The molecule has 0 aliphatic rings. The van der Waals surface area contributed by atoms with Gasteiger partial charge in [0.15, 0.2) is 0 Å². The fourth-order valence-corrected chi connectivity index (χ4v) is 4.89. The van der Waals surface area contributed by atoms with Crippen molar-refractivity contribution in [3.05, 3.63) is 131 Å². The summed E-state index contributed by atoms with van der Waals surface area (Å²) in [4.78, 5) is 12.1. The first kappa shape index (κ1) is 28.0. The van der Waals surface area contributed by atoms with Gasteiger partial charge in [0.2, 0.25) is 0 Å². The first-order valence-electron chi connectivity index (χ1n) is 11.9. The van der Waals surface area contributed by atoms with Crippen molar-refractivity contribution in [2.75, 3.05) is 0 Å². The Labute approximate surface area is 243 Å². The van der Waals surface area contributed by atoms with Gasteiger partial charge in [0.05, 0.1) is 22.8 Å². The average molecular weight is 597 g/mol. The zero-order valence-corrected chi connectivity index (χ0v) is 24.4. The molecule has 0 N–H and O–H groups in total. The summed E-state index contributed by atoms with van der Waals surface area (Å²) in [5, 5.41) is 0. The van der Waals surface area contributed by atoms with E-state index in [9.17, 15) is 0 Å². The van der Waals surface area contributed by atoms with Crippen molar-refractivity contribution in [1.29, 1.82) is 0 Å². The van der Waals surface area contributed by atoms with E-state index in [-0.39, 0.29) is 13.1 Å². The summed E-state index contributed by atoms with van der Waals surface area (Å²) >= 11 is 1.92. The van der Waals surface area contributed by atoms with Crippen molar-refractivity contribution in [1.82, 2.24) is 0 Å². The van der Waals surface area contributed by atoms with Gasteiger partial charge < -0.3 is 0 Å². The van der Waals surface area contributed by atoms with Crippen molar-refractivity contribution in [2.24, 2.45) is 9.98 Å². The fourth-order valence-electron chi connectivity index (χ4n) is 4.00. The van der Waals surface area contributed by atoms with Gasteiger partial charge >= 0.3 is 33.3 Å². The molecule has 0 aliphatic heterocycles. The van der Waals surface area contributed by atoms with Crippen LogP contribution in [0.4, 0.5) is 11.4 Å². The van der Waals surface area contributed by atoms with Crippen LogP contribution in [0.15, 0.2) is 131 Å². The van der Waals surface area contributed by atoms with E-state index in [1.807, 2.05) is 12.1 Å². The molecule has 0 fully saturated rings. The molecule has 1 heterocycles. The molecule has 4 aromatic carbocycles. The van der Waals surface area contributed by atoms with E-state index in [1.54, 1.807) is 11.3 Å². The molecule has 6 heteroatoms. The maximum absolute atomic E-state index is 4.90. The van der Waals surface area contributed by atoms with E-state index in [0.29, 0.717) is 0 Å². The molecule has 5 rings (SSSR count). The third kappa shape index (κ3) is 7.77. The van der Waals surface area contributed by atoms with E-state index in [0.717, 1.165) is 32.6 Å². The molecule has 0 unspecified atom stereocenters. The van der Waals surface area contributed by atoms with Crippen molar-refractivity contribution in [3.8, 4) is 22.3 Å². The van der Waals surface area contributed by atoms with E-state index < -0.39 is 0 Å². The number of rotatable bonds is 6. The number of hydrogen-bond donors (Lipinski definition) is 0. The second-order valence-corrected chi connectivity index (χ2v) is 11.3. The second kappa shape index (κ2) is 14.2. The average Bonchev–Trinajstić information content (AvgIpc) is 3.46. The molecule has 0 atom stereocenters. The Hall–Kier alpha value is -2.98. The van der Waals surface area contributed by atoms with Crippen molar-refractivity contribution in [3.63, 3.8) is 0 Å². The Kier molecular flexibility index (Phi) is 10.5. The van der Waals surface area contributed by atoms with Crippen LogP contribution in [0.5, 0.6) is 0 Å². The third-order valence-corrected chi connectivity index (χ3v) is 7.12. The van der Waals surface area contributed by atoms with Gasteiger partial charge in [-0.3, -0.25) is 9.98 Å². The minimum absolute atomic E-state index is 0.194. The van der Waals surface area contributed by atoms with Crippen LogP contribution in [0.1, 0.15) is 23.6 Å². The quantitative estimate of drug-likeness (QED) is 0.137. The van der Waals surface area contributed by atoms with Crippen LogP contribution < -0.4 is 0 Å². The van der Waals surface area contributed by atoms with Gasteiger partial charge in [-0.05, 0) is 72.5 Å². The molecule has 0 aliphatic carbocycles. The number of thiophene rings is 1. The van der Waals surface area contributed by atoms with Crippen LogP contribution in [0.25, 0.3) is 22.3 Å². The van der Waals surface area contributed by atoms with Crippen molar-refractivity contribution < 1.29 is 13.1 Å². The molecule has 0 radical (unpaired) electrons. The molecular formula is C32H26Cl2FeN2S. The van der Waals surface area contributed by atoms with Crippen LogP contribution in [-0.2, 0) is 13.1 Å². The Morgan fingerprint density at radius 3 is 1.29 bits per heavy atom. The van der Waals surface area contributed by atoms with Gasteiger partial charge in [0, 0.05) is 9.75 Å². The summed E-state index contributed by atoms with van der Waals surface area (Å²) in [5.41, 5.74) is 8.67. The van der Waals surface area contributed by atoms with E-state index in [4.69, 9.17) is 30.2 Å². The van der Waals surface area contributed by atoms with Gasteiger partial charge in [-0.2, -0.15) is 0 Å². The summed E-state index contributed by atoms with van der Waals surface area (Å²) in [5.74, 6) is 0. The van der Waals surface area contributed by atoms with Gasteiger partial charge in [0.25, 0.3) is 0 Å². The summed E-state index contributed by atoms with van der Waals surface area (Å²) in [6, 6.07) is 41.8. The fraction of sp³-hybridized carbons (Fsp3) is 0.0625. The Morgan fingerprint density at radius 2 is 0.895 bits per heavy atom. The summed E-state index contributed by atoms with van der Waals surface area (Å²) in [6.07, 6.45) is 0. The van der Waals surface area contributed by atoms with Crippen molar-refractivity contribution in [2.45, 2.75) is 13.8 Å².